The van der Waals surface area contributed by atoms with Gasteiger partial charge >= 0.3 is 0 Å². The van der Waals surface area contributed by atoms with E-state index in [1.165, 1.54) is 0 Å². The molecule has 4 heteroatoms. The number of hydrogen-bond donors (Lipinski definition) is 2. The van der Waals surface area contributed by atoms with Crippen LogP contribution >= 0.6 is 0 Å². The Balaban J connectivity index is 2.73. The molecule has 1 aromatic rings. The van der Waals surface area contributed by atoms with E-state index in [9.17, 15) is 0 Å². The smallest absolute Gasteiger partial charge is 0.129 e. The minimum atomic E-state index is -0.231. The quantitative estimate of drug-likeness (QED) is 0.787. The Morgan fingerprint density at radius 3 is 2.60 bits per heavy atom. The van der Waals surface area contributed by atoms with Gasteiger partial charge in [0.2, 0.25) is 0 Å². The molecule has 0 bridgehead atoms. The summed E-state index contributed by atoms with van der Waals surface area (Å²) in [5, 5.41) is 3.22. The molecule has 1 rings (SSSR count). The van der Waals surface area contributed by atoms with Gasteiger partial charge < -0.3 is 11.1 Å². The van der Waals surface area contributed by atoms with E-state index in [0.717, 1.165) is 23.8 Å². The maximum Gasteiger partial charge on any atom is 0.129 e. The summed E-state index contributed by atoms with van der Waals surface area (Å²) in [7, 11) is 0. The highest BCUT2D eigenvalue weighted by Crippen LogP contribution is 2.08. The van der Waals surface area contributed by atoms with E-state index in [-0.39, 0.29) is 5.54 Å². The van der Waals surface area contributed by atoms with Gasteiger partial charge in [0.15, 0.2) is 0 Å². The van der Waals surface area contributed by atoms with Crippen LogP contribution in [-0.4, -0.2) is 22.1 Å². The Hall–Kier alpha value is -1.16. The largest absolute Gasteiger partial charge is 0.368 e. The molecule has 3 N–H and O–H groups in total. The minimum absolute atomic E-state index is 0.231. The highest BCUT2D eigenvalue weighted by Gasteiger charge is 2.10. The average Bonchev–Trinajstić information content (AvgIpc) is 2.13. The third-order valence-corrected chi connectivity index (χ3v) is 1.98. The van der Waals surface area contributed by atoms with Gasteiger partial charge in [-0.3, -0.25) is 0 Å². The predicted molar refractivity (Wildman–Crippen MR) is 62.9 cm³/mol. The van der Waals surface area contributed by atoms with Crippen molar-refractivity contribution in [3.05, 3.63) is 17.6 Å². The highest BCUT2D eigenvalue weighted by molar-refractivity contribution is 5.36. The molecule has 0 aliphatic carbocycles. The zero-order chi connectivity index (χ0) is 11.5. The van der Waals surface area contributed by atoms with Crippen LogP contribution in [0.2, 0.25) is 0 Å². The topological polar surface area (TPSA) is 63.8 Å². The summed E-state index contributed by atoms with van der Waals surface area (Å²) in [6.07, 6.45) is 0.921. The normalized spacial score (nSPS) is 11.5. The third kappa shape index (κ3) is 4.25. The van der Waals surface area contributed by atoms with Gasteiger partial charge in [0.25, 0.3) is 0 Å². The van der Waals surface area contributed by atoms with Gasteiger partial charge in [0.05, 0.1) is 0 Å². The van der Waals surface area contributed by atoms with Crippen molar-refractivity contribution in [1.82, 2.24) is 9.97 Å². The maximum atomic E-state index is 5.89. The SMILES string of the molecule is CCc1cc(NCC(C)(C)N)nc(C)n1. The van der Waals surface area contributed by atoms with Gasteiger partial charge in [-0.05, 0) is 27.2 Å². The lowest BCUT2D eigenvalue weighted by Crippen LogP contribution is -2.39. The number of anilines is 1. The standard InChI is InChI=1S/C11H20N4/c1-5-9-6-10(15-8(2)14-9)13-7-11(3,4)12/h6H,5,7,12H2,1-4H3,(H,13,14,15). The molecule has 0 saturated carbocycles. The Bertz CT molecular complexity index is 328. The Morgan fingerprint density at radius 2 is 2.07 bits per heavy atom. The second-order valence-corrected chi connectivity index (χ2v) is 4.49. The van der Waals surface area contributed by atoms with Gasteiger partial charge in [-0.15, -0.1) is 0 Å². The molecule has 1 aromatic heterocycles. The van der Waals surface area contributed by atoms with E-state index in [1.54, 1.807) is 0 Å². The van der Waals surface area contributed by atoms with Crippen molar-refractivity contribution in [2.75, 3.05) is 11.9 Å². The van der Waals surface area contributed by atoms with E-state index in [2.05, 4.69) is 22.2 Å². The number of aryl methyl sites for hydroxylation is 2. The monoisotopic (exact) mass is 208 g/mol. The van der Waals surface area contributed by atoms with Crippen LogP contribution < -0.4 is 11.1 Å². The summed E-state index contributed by atoms with van der Waals surface area (Å²) < 4.78 is 0. The van der Waals surface area contributed by atoms with Crippen LogP contribution in [0.25, 0.3) is 0 Å². The van der Waals surface area contributed by atoms with Gasteiger partial charge in [-0.1, -0.05) is 6.92 Å². The summed E-state index contributed by atoms with van der Waals surface area (Å²) in [6, 6.07) is 1.97. The molecule has 0 radical (unpaired) electrons. The van der Waals surface area contributed by atoms with Crippen LogP contribution in [0.15, 0.2) is 6.07 Å². The molecule has 0 fully saturated rings. The summed E-state index contributed by atoms with van der Waals surface area (Å²) in [6.45, 7) is 8.65. The van der Waals surface area contributed by atoms with Crippen LogP contribution in [0.1, 0.15) is 32.3 Å². The maximum absolute atomic E-state index is 5.89. The number of nitrogens with one attached hydrogen (secondary N) is 1. The molecule has 4 nitrogen and oxygen atoms in total. The molecule has 0 unspecified atom stereocenters. The van der Waals surface area contributed by atoms with Crippen molar-refractivity contribution in [3.63, 3.8) is 0 Å². The number of nitrogens with zero attached hydrogens (tertiary/aromatic N) is 2. The first-order chi connectivity index (χ1) is 6.90. The van der Waals surface area contributed by atoms with Crippen molar-refractivity contribution in [1.29, 1.82) is 0 Å². The summed E-state index contributed by atoms with van der Waals surface area (Å²) in [4.78, 5) is 8.62. The molecule has 0 spiro atoms. The van der Waals surface area contributed by atoms with Crippen molar-refractivity contribution in [3.8, 4) is 0 Å². The van der Waals surface area contributed by atoms with Crippen LogP contribution in [0.5, 0.6) is 0 Å². The van der Waals surface area contributed by atoms with Gasteiger partial charge in [0, 0.05) is 23.8 Å². The fourth-order valence-corrected chi connectivity index (χ4v) is 1.22. The molecule has 1 heterocycles. The lowest BCUT2D eigenvalue weighted by atomic mass is 10.1. The molecule has 84 valence electrons. The van der Waals surface area contributed by atoms with E-state index in [4.69, 9.17) is 5.73 Å². The van der Waals surface area contributed by atoms with Crippen molar-refractivity contribution < 1.29 is 0 Å². The molecule has 0 amide bonds. The molecule has 15 heavy (non-hydrogen) atoms. The summed E-state index contributed by atoms with van der Waals surface area (Å²) >= 11 is 0. The van der Waals surface area contributed by atoms with Crippen LogP contribution in [0.4, 0.5) is 5.82 Å². The number of hydrogen-bond acceptors (Lipinski definition) is 4. The lowest BCUT2D eigenvalue weighted by Gasteiger charge is -2.19. The molecule has 0 aliphatic rings. The first-order valence-corrected chi connectivity index (χ1v) is 5.28. The first-order valence-electron chi connectivity index (χ1n) is 5.28. The number of rotatable bonds is 4. The van der Waals surface area contributed by atoms with E-state index in [1.807, 2.05) is 26.8 Å². The second-order valence-electron chi connectivity index (χ2n) is 4.49. The molecular weight excluding hydrogens is 188 g/mol. The van der Waals surface area contributed by atoms with E-state index in [0.29, 0.717) is 6.54 Å². The van der Waals surface area contributed by atoms with Crippen molar-refractivity contribution in [2.45, 2.75) is 39.7 Å². The zero-order valence-electron chi connectivity index (χ0n) is 9.96. The van der Waals surface area contributed by atoms with Gasteiger partial charge in [-0.2, -0.15) is 0 Å². The Kier molecular flexibility index (Phi) is 3.63. The fraction of sp³-hybridized carbons (Fsp3) is 0.636. The minimum Gasteiger partial charge on any atom is -0.368 e. The summed E-state index contributed by atoms with van der Waals surface area (Å²) in [5.41, 5.74) is 6.71. The summed E-state index contributed by atoms with van der Waals surface area (Å²) in [5.74, 6) is 1.66. The third-order valence-electron chi connectivity index (χ3n) is 1.98. The number of nitrogens with two attached hydrogens (primary N) is 1. The molecule has 0 aliphatic heterocycles. The van der Waals surface area contributed by atoms with Crippen molar-refractivity contribution in [2.24, 2.45) is 5.73 Å². The zero-order valence-corrected chi connectivity index (χ0v) is 9.96. The Morgan fingerprint density at radius 1 is 1.40 bits per heavy atom. The molecule has 0 atom stereocenters. The fourth-order valence-electron chi connectivity index (χ4n) is 1.22. The van der Waals surface area contributed by atoms with E-state index >= 15 is 0 Å². The van der Waals surface area contributed by atoms with Crippen LogP contribution in [0.3, 0.4) is 0 Å². The highest BCUT2D eigenvalue weighted by atomic mass is 15.0. The van der Waals surface area contributed by atoms with Crippen LogP contribution in [-0.2, 0) is 6.42 Å². The van der Waals surface area contributed by atoms with Gasteiger partial charge in [-0.25, -0.2) is 9.97 Å². The predicted octanol–water partition coefficient (Wildman–Crippen LogP) is 1.50. The van der Waals surface area contributed by atoms with Crippen LogP contribution in [0, 0.1) is 6.92 Å². The van der Waals surface area contributed by atoms with E-state index < -0.39 is 0 Å². The molecular formula is C11H20N4. The lowest BCUT2D eigenvalue weighted by molar-refractivity contribution is 0.548. The first kappa shape index (κ1) is 11.9. The van der Waals surface area contributed by atoms with Gasteiger partial charge in [0.1, 0.15) is 11.6 Å². The average molecular weight is 208 g/mol. The molecule has 0 saturated heterocycles. The molecule has 0 aromatic carbocycles. The second kappa shape index (κ2) is 4.57. The number of aromatic nitrogens is 2. The van der Waals surface area contributed by atoms with Crippen molar-refractivity contribution >= 4 is 5.82 Å². The Labute approximate surface area is 91.3 Å².